The molecule has 0 amide bonds. The maximum Gasteiger partial charge on any atom is 0.213 e. The molecule has 1 atom stereocenters. The number of ether oxygens (including phenoxy) is 1. The van der Waals surface area contributed by atoms with Gasteiger partial charge in [-0.15, -0.1) is 0 Å². The van der Waals surface area contributed by atoms with Crippen LogP contribution in [0.3, 0.4) is 0 Å². The van der Waals surface area contributed by atoms with E-state index < -0.39 is 0 Å². The summed E-state index contributed by atoms with van der Waals surface area (Å²) in [5, 5.41) is 13.2. The lowest BCUT2D eigenvalue weighted by Crippen LogP contribution is -2.32. The second-order valence-electron chi connectivity index (χ2n) is 4.45. The van der Waals surface area contributed by atoms with E-state index in [1.165, 1.54) is 0 Å². The van der Waals surface area contributed by atoms with E-state index in [-0.39, 0.29) is 6.10 Å². The summed E-state index contributed by atoms with van der Waals surface area (Å²) in [5.74, 6) is 0.991. The summed E-state index contributed by atoms with van der Waals surface area (Å²) >= 11 is 0. The first-order valence-electron chi connectivity index (χ1n) is 6.59. The predicted molar refractivity (Wildman–Crippen MR) is 72.6 cm³/mol. The van der Waals surface area contributed by atoms with Gasteiger partial charge in [-0.25, -0.2) is 4.98 Å². The topological polar surface area (TPSA) is 54.4 Å². The highest BCUT2D eigenvalue weighted by Crippen LogP contribution is 2.12. The average molecular weight is 252 g/mol. The third-order valence-electron chi connectivity index (χ3n) is 3.24. The molecule has 18 heavy (non-hydrogen) atoms. The predicted octanol–water partition coefficient (Wildman–Crippen LogP) is 1.98. The number of hydrogen-bond donors (Lipinski definition) is 2. The molecule has 0 aliphatic rings. The van der Waals surface area contributed by atoms with Crippen LogP contribution in [-0.2, 0) is 6.54 Å². The van der Waals surface area contributed by atoms with Gasteiger partial charge >= 0.3 is 0 Å². The molecule has 1 aromatic rings. The van der Waals surface area contributed by atoms with E-state index >= 15 is 0 Å². The molecule has 0 spiro atoms. The lowest BCUT2D eigenvalue weighted by atomic mass is 9.96. The van der Waals surface area contributed by atoms with Crippen molar-refractivity contribution >= 4 is 0 Å². The van der Waals surface area contributed by atoms with Crippen LogP contribution < -0.4 is 10.1 Å². The van der Waals surface area contributed by atoms with Crippen molar-refractivity contribution in [1.82, 2.24) is 10.3 Å². The van der Waals surface area contributed by atoms with Gasteiger partial charge in [0.05, 0.1) is 18.9 Å². The first kappa shape index (κ1) is 14.9. The van der Waals surface area contributed by atoms with Gasteiger partial charge in [0.15, 0.2) is 0 Å². The van der Waals surface area contributed by atoms with Crippen molar-refractivity contribution in [2.45, 2.75) is 39.3 Å². The van der Waals surface area contributed by atoms with Crippen LogP contribution in [-0.4, -0.2) is 29.8 Å². The van der Waals surface area contributed by atoms with Gasteiger partial charge in [-0.1, -0.05) is 32.8 Å². The van der Waals surface area contributed by atoms with Crippen molar-refractivity contribution in [3.05, 3.63) is 23.9 Å². The SMILES string of the molecule is CCC(CC)C(O)CNCc1cccc(OC)n1. The van der Waals surface area contributed by atoms with Crippen LogP contribution in [0.2, 0.25) is 0 Å². The normalized spacial score (nSPS) is 12.7. The standard InChI is InChI=1S/C14H24N2O2/c1-4-11(5-2)13(17)10-15-9-12-7-6-8-14(16-12)18-3/h6-8,11,13,15,17H,4-5,9-10H2,1-3H3. The molecule has 0 saturated carbocycles. The van der Waals surface area contributed by atoms with Crippen LogP contribution in [0.5, 0.6) is 5.88 Å². The summed E-state index contributed by atoms with van der Waals surface area (Å²) < 4.78 is 5.07. The molecule has 0 radical (unpaired) electrons. The molecule has 0 aliphatic carbocycles. The van der Waals surface area contributed by atoms with E-state index in [2.05, 4.69) is 24.1 Å². The molecule has 102 valence electrons. The van der Waals surface area contributed by atoms with Crippen molar-refractivity contribution in [2.75, 3.05) is 13.7 Å². The molecule has 4 heteroatoms. The zero-order valence-corrected chi connectivity index (χ0v) is 11.5. The zero-order chi connectivity index (χ0) is 13.4. The fourth-order valence-electron chi connectivity index (χ4n) is 2.02. The van der Waals surface area contributed by atoms with Gasteiger partial charge in [-0.2, -0.15) is 0 Å². The summed E-state index contributed by atoms with van der Waals surface area (Å²) in [6.45, 7) is 5.47. The van der Waals surface area contributed by atoms with E-state index in [9.17, 15) is 5.11 Å². The molecule has 1 heterocycles. The number of methoxy groups -OCH3 is 1. The van der Waals surface area contributed by atoms with Crippen LogP contribution in [0, 0.1) is 5.92 Å². The highest BCUT2D eigenvalue weighted by Gasteiger charge is 2.14. The van der Waals surface area contributed by atoms with E-state index in [4.69, 9.17) is 4.74 Å². The summed E-state index contributed by atoms with van der Waals surface area (Å²) in [5.41, 5.74) is 0.922. The van der Waals surface area contributed by atoms with Gasteiger partial charge in [0.1, 0.15) is 0 Å². The molecule has 1 unspecified atom stereocenters. The largest absolute Gasteiger partial charge is 0.481 e. The third-order valence-corrected chi connectivity index (χ3v) is 3.24. The maximum atomic E-state index is 9.98. The lowest BCUT2D eigenvalue weighted by molar-refractivity contribution is 0.101. The Labute approximate surface area is 109 Å². The Balaban J connectivity index is 2.36. The number of rotatable bonds is 8. The highest BCUT2D eigenvalue weighted by molar-refractivity contribution is 5.15. The van der Waals surface area contributed by atoms with Crippen molar-refractivity contribution in [1.29, 1.82) is 0 Å². The number of nitrogens with zero attached hydrogens (tertiary/aromatic N) is 1. The van der Waals surface area contributed by atoms with E-state index in [0.29, 0.717) is 24.9 Å². The quantitative estimate of drug-likeness (QED) is 0.743. The van der Waals surface area contributed by atoms with Crippen molar-refractivity contribution in [2.24, 2.45) is 5.92 Å². The Morgan fingerprint density at radius 2 is 2.06 bits per heavy atom. The second kappa shape index (κ2) is 8.06. The van der Waals surface area contributed by atoms with Gasteiger partial charge in [-0.3, -0.25) is 0 Å². The van der Waals surface area contributed by atoms with Gasteiger partial charge in [-0.05, 0) is 12.0 Å². The Bertz CT molecular complexity index is 340. The first-order chi connectivity index (χ1) is 8.71. The van der Waals surface area contributed by atoms with Gasteiger partial charge in [0.25, 0.3) is 0 Å². The summed E-state index contributed by atoms with van der Waals surface area (Å²) in [6.07, 6.45) is 1.73. The smallest absolute Gasteiger partial charge is 0.213 e. The number of nitrogens with one attached hydrogen (secondary N) is 1. The van der Waals surface area contributed by atoms with Crippen molar-refractivity contribution in [3.8, 4) is 5.88 Å². The molecular formula is C14H24N2O2. The van der Waals surface area contributed by atoms with Crippen LogP contribution in [0.1, 0.15) is 32.4 Å². The molecule has 0 saturated heterocycles. The second-order valence-corrected chi connectivity index (χ2v) is 4.45. The average Bonchev–Trinajstić information content (AvgIpc) is 2.40. The van der Waals surface area contributed by atoms with Crippen LogP contribution in [0.15, 0.2) is 18.2 Å². The van der Waals surface area contributed by atoms with E-state index in [1.807, 2.05) is 18.2 Å². The zero-order valence-electron chi connectivity index (χ0n) is 11.5. The summed E-state index contributed by atoms with van der Waals surface area (Å²) in [6, 6.07) is 5.68. The van der Waals surface area contributed by atoms with Crippen molar-refractivity contribution in [3.63, 3.8) is 0 Å². The number of aliphatic hydroxyl groups is 1. The highest BCUT2D eigenvalue weighted by atomic mass is 16.5. The molecule has 1 aromatic heterocycles. The van der Waals surface area contributed by atoms with E-state index in [0.717, 1.165) is 18.5 Å². The fraction of sp³-hybridized carbons (Fsp3) is 0.643. The molecule has 0 bridgehead atoms. The van der Waals surface area contributed by atoms with Gasteiger partial charge < -0.3 is 15.2 Å². The van der Waals surface area contributed by atoms with E-state index in [1.54, 1.807) is 7.11 Å². The van der Waals surface area contributed by atoms with Crippen LogP contribution in [0.4, 0.5) is 0 Å². The minimum atomic E-state index is -0.286. The minimum absolute atomic E-state index is 0.286. The summed E-state index contributed by atoms with van der Waals surface area (Å²) in [7, 11) is 1.61. The Hall–Kier alpha value is -1.13. The molecule has 0 fully saturated rings. The lowest BCUT2D eigenvalue weighted by Gasteiger charge is -2.20. The Morgan fingerprint density at radius 1 is 1.33 bits per heavy atom. The number of aromatic nitrogens is 1. The number of hydrogen-bond acceptors (Lipinski definition) is 4. The van der Waals surface area contributed by atoms with Crippen LogP contribution >= 0.6 is 0 Å². The molecule has 0 aliphatic heterocycles. The van der Waals surface area contributed by atoms with Crippen molar-refractivity contribution < 1.29 is 9.84 Å². The molecule has 4 nitrogen and oxygen atoms in total. The molecule has 0 aromatic carbocycles. The monoisotopic (exact) mass is 252 g/mol. The fourth-order valence-corrected chi connectivity index (χ4v) is 2.02. The van der Waals surface area contributed by atoms with Gasteiger partial charge in [0, 0.05) is 19.2 Å². The number of aliphatic hydroxyl groups excluding tert-OH is 1. The van der Waals surface area contributed by atoms with Gasteiger partial charge in [0.2, 0.25) is 5.88 Å². The van der Waals surface area contributed by atoms with Crippen LogP contribution in [0.25, 0.3) is 0 Å². The first-order valence-corrected chi connectivity index (χ1v) is 6.59. The molecule has 1 rings (SSSR count). The molecular weight excluding hydrogens is 228 g/mol. The maximum absolute atomic E-state index is 9.98. The summed E-state index contributed by atoms with van der Waals surface area (Å²) in [4.78, 5) is 4.31. The Morgan fingerprint density at radius 3 is 2.67 bits per heavy atom. The molecule has 2 N–H and O–H groups in total. The minimum Gasteiger partial charge on any atom is -0.481 e. The Kier molecular flexibility index (Phi) is 6.68. The number of pyridine rings is 1. The third kappa shape index (κ3) is 4.63.